The lowest BCUT2D eigenvalue weighted by Gasteiger charge is -2.30. The van der Waals surface area contributed by atoms with Gasteiger partial charge in [0.2, 0.25) is 0 Å². The van der Waals surface area contributed by atoms with E-state index in [0.29, 0.717) is 6.04 Å². The molecule has 1 saturated heterocycles. The fourth-order valence-corrected chi connectivity index (χ4v) is 3.43. The molecule has 0 unspecified atom stereocenters. The Balaban J connectivity index is 1.67. The Morgan fingerprint density at radius 1 is 1.04 bits per heavy atom. The van der Waals surface area contributed by atoms with Gasteiger partial charge in [0.15, 0.2) is 0 Å². The van der Waals surface area contributed by atoms with Crippen molar-refractivity contribution < 1.29 is 0 Å². The zero-order chi connectivity index (χ0) is 16.4. The summed E-state index contributed by atoms with van der Waals surface area (Å²) in [6.45, 7) is 3.16. The third-order valence-electron chi connectivity index (χ3n) is 4.84. The van der Waals surface area contributed by atoms with E-state index in [0.717, 1.165) is 43.6 Å². The van der Waals surface area contributed by atoms with Crippen LogP contribution in [0.2, 0.25) is 0 Å². The van der Waals surface area contributed by atoms with Gasteiger partial charge < -0.3 is 5.73 Å². The van der Waals surface area contributed by atoms with E-state index >= 15 is 0 Å². The van der Waals surface area contributed by atoms with Crippen LogP contribution in [0.1, 0.15) is 18.4 Å². The standard InChI is InChI=1S/C20H22N4/c21-18-5-8-24(9-6-18)14-15-3-4-17-12-23-13-20(19(17)10-15)16-2-1-7-22-11-16/h1-4,7,10-13,18H,5-6,8-9,14,21H2. The molecule has 24 heavy (non-hydrogen) atoms. The lowest BCUT2D eigenvalue weighted by molar-refractivity contribution is 0.206. The second-order valence-corrected chi connectivity index (χ2v) is 6.60. The van der Waals surface area contributed by atoms with Gasteiger partial charge in [0, 0.05) is 53.9 Å². The highest BCUT2D eigenvalue weighted by molar-refractivity contribution is 5.95. The molecule has 1 aliphatic heterocycles. The Labute approximate surface area is 142 Å². The predicted molar refractivity (Wildman–Crippen MR) is 97.5 cm³/mol. The van der Waals surface area contributed by atoms with Crippen LogP contribution in [0.25, 0.3) is 21.9 Å². The molecule has 4 heteroatoms. The second-order valence-electron chi connectivity index (χ2n) is 6.60. The smallest absolute Gasteiger partial charge is 0.0353 e. The summed E-state index contributed by atoms with van der Waals surface area (Å²) < 4.78 is 0. The van der Waals surface area contributed by atoms with Crippen LogP contribution in [-0.2, 0) is 6.54 Å². The van der Waals surface area contributed by atoms with Crippen LogP contribution < -0.4 is 5.73 Å². The highest BCUT2D eigenvalue weighted by Gasteiger charge is 2.16. The predicted octanol–water partition coefficient (Wildman–Crippen LogP) is 3.22. The van der Waals surface area contributed by atoms with Gasteiger partial charge in [-0.3, -0.25) is 14.9 Å². The fourth-order valence-electron chi connectivity index (χ4n) is 3.43. The van der Waals surface area contributed by atoms with E-state index in [2.05, 4.69) is 39.1 Å². The van der Waals surface area contributed by atoms with Crippen LogP contribution in [0.5, 0.6) is 0 Å². The first-order valence-corrected chi connectivity index (χ1v) is 8.54. The minimum Gasteiger partial charge on any atom is -0.328 e. The molecule has 0 saturated carbocycles. The first-order chi connectivity index (χ1) is 11.8. The van der Waals surface area contributed by atoms with Crippen LogP contribution in [0.3, 0.4) is 0 Å². The number of pyridine rings is 2. The topological polar surface area (TPSA) is 55.0 Å². The van der Waals surface area contributed by atoms with Crippen molar-refractivity contribution in [2.75, 3.05) is 13.1 Å². The van der Waals surface area contributed by atoms with E-state index in [9.17, 15) is 0 Å². The Bertz CT molecular complexity index is 823. The second kappa shape index (κ2) is 6.67. The van der Waals surface area contributed by atoms with Gasteiger partial charge in [0.25, 0.3) is 0 Å². The van der Waals surface area contributed by atoms with Crippen molar-refractivity contribution in [3.63, 3.8) is 0 Å². The summed E-state index contributed by atoms with van der Waals surface area (Å²) in [5, 5.41) is 2.41. The zero-order valence-electron chi connectivity index (χ0n) is 13.7. The molecule has 2 aromatic heterocycles. The maximum absolute atomic E-state index is 6.01. The molecule has 0 bridgehead atoms. The highest BCUT2D eigenvalue weighted by atomic mass is 15.1. The quantitative estimate of drug-likeness (QED) is 0.805. The molecule has 1 aliphatic rings. The van der Waals surface area contributed by atoms with Crippen molar-refractivity contribution in [1.29, 1.82) is 0 Å². The largest absolute Gasteiger partial charge is 0.328 e. The Hall–Kier alpha value is -2.30. The van der Waals surface area contributed by atoms with E-state index in [1.165, 1.54) is 16.3 Å². The fraction of sp³-hybridized carbons (Fsp3) is 0.300. The van der Waals surface area contributed by atoms with Gasteiger partial charge in [0.1, 0.15) is 0 Å². The molecule has 1 aromatic carbocycles. The van der Waals surface area contributed by atoms with E-state index in [1.807, 2.05) is 24.7 Å². The van der Waals surface area contributed by atoms with E-state index in [4.69, 9.17) is 5.73 Å². The third kappa shape index (κ3) is 3.16. The van der Waals surface area contributed by atoms with Crippen molar-refractivity contribution in [2.24, 2.45) is 5.73 Å². The molecule has 3 aromatic rings. The summed E-state index contributed by atoms with van der Waals surface area (Å²) in [6, 6.07) is 11.1. The maximum atomic E-state index is 6.01. The molecule has 4 rings (SSSR count). The van der Waals surface area contributed by atoms with Crippen molar-refractivity contribution in [1.82, 2.24) is 14.9 Å². The van der Waals surface area contributed by atoms with Gasteiger partial charge in [-0.15, -0.1) is 0 Å². The Morgan fingerprint density at radius 3 is 2.71 bits per heavy atom. The third-order valence-corrected chi connectivity index (χ3v) is 4.84. The van der Waals surface area contributed by atoms with Crippen LogP contribution in [0.15, 0.2) is 55.1 Å². The number of hydrogen-bond donors (Lipinski definition) is 1. The molecular formula is C20H22N4. The molecule has 3 heterocycles. The summed E-state index contributed by atoms with van der Waals surface area (Å²) >= 11 is 0. The number of piperidine rings is 1. The molecule has 0 radical (unpaired) electrons. The number of fused-ring (bicyclic) bond motifs is 1. The minimum absolute atomic E-state index is 0.376. The van der Waals surface area contributed by atoms with E-state index in [-0.39, 0.29) is 0 Å². The maximum Gasteiger partial charge on any atom is 0.0353 e. The lowest BCUT2D eigenvalue weighted by atomic mass is 9.99. The van der Waals surface area contributed by atoms with Gasteiger partial charge in [-0.1, -0.05) is 18.2 Å². The lowest BCUT2D eigenvalue weighted by Crippen LogP contribution is -2.39. The number of rotatable bonds is 3. The van der Waals surface area contributed by atoms with Crippen molar-refractivity contribution >= 4 is 10.8 Å². The van der Waals surface area contributed by atoms with Crippen LogP contribution >= 0.6 is 0 Å². The average molecular weight is 318 g/mol. The Kier molecular flexibility index (Phi) is 4.24. The van der Waals surface area contributed by atoms with Gasteiger partial charge >= 0.3 is 0 Å². The number of nitrogens with zero attached hydrogens (tertiary/aromatic N) is 3. The van der Waals surface area contributed by atoms with E-state index < -0.39 is 0 Å². The van der Waals surface area contributed by atoms with Crippen molar-refractivity contribution in [3.8, 4) is 11.1 Å². The molecular weight excluding hydrogens is 296 g/mol. The molecule has 1 fully saturated rings. The van der Waals surface area contributed by atoms with Gasteiger partial charge in [-0.2, -0.15) is 0 Å². The number of nitrogens with two attached hydrogens (primary N) is 1. The first kappa shape index (κ1) is 15.2. The van der Waals surface area contributed by atoms with Crippen molar-refractivity contribution in [3.05, 3.63) is 60.7 Å². The Morgan fingerprint density at radius 2 is 1.92 bits per heavy atom. The summed E-state index contributed by atoms with van der Waals surface area (Å²) in [5.41, 5.74) is 9.60. The molecule has 0 aliphatic carbocycles. The van der Waals surface area contributed by atoms with E-state index in [1.54, 1.807) is 6.20 Å². The molecule has 2 N–H and O–H groups in total. The number of aromatic nitrogens is 2. The van der Waals surface area contributed by atoms with Crippen LogP contribution in [0, 0.1) is 0 Å². The molecule has 0 spiro atoms. The molecule has 0 atom stereocenters. The summed E-state index contributed by atoms with van der Waals surface area (Å²) in [4.78, 5) is 11.1. The van der Waals surface area contributed by atoms with Crippen LogP contribution in [0.4, 0.5) is 0 Å². The van der Waals surface area contributed by atoms with Gasteiger partial charge in [0.05, 0.1) is 0 Å². The van der Waals surface area contributed by atoms with Crippen molar-refractivity contribution in [2.45, 2.75) is 25.4 Å². The average Bonchev–Trinajstić information content (AvgIpc) is 2.64. The first-order valence-electron chi connectivity index (χ1n) is 8.54. The number of hydrogen-bond acceptors (Lipinski definition) is 4. The summed E-state index contributed by atoms with van der Waals surface area (Å²) in [7, 11) is 0. The van der Waals surface area contributed by atoms with Crippen LogP contribution in [-0.4, -0.2) is 34.0 Å². The van der Waals surface area contributed by atoms with Gasteiger partial charge in [-0.05, 0) is 49.0 Å². The highest BCUT2D eigenvalue weighted by Crippen LogP contribution is 2.28. The molecule has 122 valence electrons. The molecule has 0 amide bonds. The monoisotopic (exact) mass is 318 g/mol. The molecule has 4 nitrogen and oxygen atoms in total. The number of benzene rings is 1. The summed E-state index contributed by atoms with van der Waals surface area (Å²) in [6.07, 6.45) is 9.75. The SMILES string of the molecule is NC1CCN(Cc2ccc3cncc(-c4cccnc4)c3c2)CC1. The van der Waals surface area contributed by atoms with Gasteiger partial charge in [-0.25, -0.2) is 0 Å². The zero-order valence-corrected chi connectivity index (χ0v) is 13.7. The minimum atomic E-state index is 0.376. The summed E-state index contributed by atoms with van der Waals surface area (Å²) in [5.74, 6) is 0. The normalized spacial score (nSPS) is 16.5. The number of likely N-dealkylation sites (tertiary alicyclic amines) is 1.